The molecule has 6 aromatic rings. The first-order valence-electron chi connectivity index (χ1n) is 13.0. The van der Waals surface area contributed by atoms with Gasteiger partial charge in [0.2, 0.25) is 0 Å². The van der Waals surface area contributed by atoms with E-state index in [0.29, 0.717) is 13.1 Å². The summed E-state index contributed by atoms with van der Waals surface area (Å²) in [6, 6.07) is 27.3. The van der Waals surface area contributed by atoms with Crippen molar-refractivity contribution in [2.24, 2.45) is 0 Å². The van der Waals surface area contributed by atoms with Crippen molar-refractivity contribution in [2.75, 3.05) is 23.9 Å². The molecule has 0 spiro atoms. The molecule has 3 heterocycles. The Labute approximate surface area is 237 Å². The molecule has 0 aliphatic rings. The van der Waals surface area contributed by atoms with E-state index in [1.165, 1.54) is 22.7 Å². The fourth-order valence-corrected chi connectivity index (χ4v) is 6.03. The van der Waals surface area contributed by atoms with Gasteiger partial charge in [-0.1, -0.05) is 42.5 Å². The molecule has 0 aliphatic heterocycles. The highest BCUT2D eigenvalue weighted by atomic mass is 32.2. The Morgan fingerprint density at radius 2 is 1.85 bits per heavy atom. The van der Waals surface area contributed by atoms with Gasteiger partial charge in [0.25, 0.3) is 0 Å². The van der Waals surface area contributed by atoms with Gasteiger partial charge in [-0.05, 0) is 42.0 Å². The quantitative estimate of drug-likeness (QED) is 0.191. The second-order valence-electron chi connectivity index (χ2n) is 9.85. The van der Waals surface area contributed by atoms with E-state index in [4.69, 9.17) is 4.98 Å². The summed E-state index contributed by atoms with van der Waals surface area (Å²) in [5.41, 5.74) is 7.27. The number of nitrogens with one attached hydrogen (secondary N) is 2. The second-order valence-corrected chi connectivity index (χ2v) is 13.1. The van der Waals surface area contributed by atoms with E-state index in [1.54, 1.807) is 11.3 Å². The van der Waals surface area contributed by atoms with Crippen LogP contribution in [-0.4, -0.2) is 41.5 Å². The highest BCUT2D eigenvalue weighted by molar-refractivity contribution is 7.90. The number of pyridine rings is 1. The van der Waals surface area contributed by atoms with Gasteiger partial charge in [0.05, 0.1) is 17.0 Å². The molecule has 0 amide bonds. The normalized spacial score (nSPS) is 11.8. The van der Waals surface area contributed by atoms with Gasteiger partial charge in [0.1, 0.15) is 14.8 Å². The number of thiazole rings is 1. The Morgan fingerprint density at radius 3 is 2.70 bits per heavy atom. The van der Waals surface area contributed by atoms with Crippen LogP contribution in [0.2, 0.25) is 0 Å². The van der Waals surface area contributed by atoms with Crippen LogP contribution in [0.15, 0.2) is 96.6 Å². The summed E-state index contributed by atoms with van der Waals surface area (Å²) in [6.07, 6.45) is 5.20. The Balaban J connectivity index is 1.17. The van der Waals surface area contributed by atoms with Gasteiger partial charge in [0, 0.05) is 76.9 Å². The number of hydrogen-bond acceptors (Lipinski definition) is 7. The van der Waals surface area contributed by atoms with E-state index >= 15 is 0 Å². The maximum atomic E-state index is 11.3. The zero-order valence-corrected chi connectivity index (χ0v) is 23.7. The molecule has 0 atom stereocenters. The lowest BCUT2D eigenvalue weighted by Gasteiger charge is -2.11. The topological polar surface area (TPSA) is 88.9 Å². The van der Waals surface area contributed by atoms with Gasteiger partial charge in [-0.3, -0.25) is 4.98 Å². The third kappa shape index (κ3) is 6.07. The van der Waals surface area contributed by atoms with Crippen LogP contribution in [0.4, 0.5) is 11.4 Å². The maximum absolute atomic E-state index is 11.3. The third-order valence-corrected chi connectivity index (χ3v) is 8.56. The summed E-state index contributed by atoms with van der Waals surface area (Å²) in [6.45, 7) is 1.80. The molecule has 0 radical (unpaired) electrons. The molecule has 9 heteroatoms. The minimum absolute atomic E-state index is 0.118. The van der Waals surface area contributed by atoms with Gasteiger partial charge in [0.15, 0.2) is 0 Å². The molecule has 0 aliphatic carbocycles. The van der Waals surface area contributed by atoms with Gasteiger partial charge in [-0.2, -0.15) is 0 Å². The first-order valence-corrected chi connectivity index (χ1v) is 16.0. The van der Waals surface area contributed by atoms with Crippen molar-refractivity contribution in [3.8, 4) is 11.3 Å². The summed E-state index contributed by atoms with van der Waals surface area (Å²) in [5.74, 6) is 0.118. The van der Waals surface area contributed by atoms with E-state index in [0.717, 1.165) is 45.1 Å². The zero-order chi connectivity index (χ0) is 27.5. The molecular weight excluding hydrogens is 539 g/mol. The minimum atomic E-state index is -2.97. The summed E-state index contributed by atoms with van der Waals surface area (Å²) in [4.78, 5) is 9.35. The fourth-order valence-electron chi connectivity index (χ4n) is 4.75. The molecule has 202 valence electrons. The van der Waals surface area contributed by atoms with Crippen molar-refractivity contribution in [1.29, 1.82) is 0 Å². The predicted molar refractivity (Wildman–Crippen MR) is 165 cm³/mol. The lowest BCUT2D eigenvalue weighted by molar-refractivity contribution is 0.596. The molecule has 2 N–H and O–H groups in total. The van der Waals surface area contributed by atoms with Gasteiger partial charge in [-0.25, -0.2) is 13.4 Å². The molecule has 40 heavy (non-hydrogen) atoms. The Kier molecular flexibility index (Phi) is 7.34. The summed E-state index contributed by atoms with van der Waals surface area (Å²) < 4.78 is 24.9. The molecule has 0 unspecified atom stereocenters. The average molecular weight is 568 g/mol. The van der Waals surface area contributed by atoms with Gasteiger partial charge >= 0.3 is 0 Å². The van der Waals surface area contributed by atoms with Crippen molar-refractivity contribution in [2.45, 2.75) is 13.1 Å². The number of hydrogen-bond donors (Lipinski definition) is 2. The number of anilines is 2. The average Bonchev–Trinajstić information content (AvgIpc) is 3.58. The highest BCUT2D eigenvalue weighted by Gasteiger charge is 2.10. The smallest absolute Gasteiger partial charge is 0.148 e. The monoisotopic (exact) mass is 567 g/mol. The Hall–Kier alpha value is -4.05. The van der Waals surface area contributed by atoms with Crippen LogP contribution in [0.1, 0.15) is 10.6 Å². The summed E-state index contributed by atoms with van der Waals surface area (Å²) in [7, 11) is -2.97. The molecule has 3 aromatic heterocycles. The lowest BCUT2D eigenvalue weighted by atomic mass is 10.1. The van der Waals surface area contributed by atoms with E-state index in [2.05, 4.69) is 93.1 Å². The number of rotatable bonds is 10. The summed E-state index contributed by atoms with van der Waals surface area (Å²) >= 11 is 1.56. The SMILES string of the molecule is CS(=O)(=O)CCNCc1nc(-c2ccc3c(Nc4ccc5c(ccn5Cc5ccccc5)c4)ccnc3c2)cs1. The van der Waals surface area contributed by atoms with Crippen LogP contribution < -0.4 is 10.6 Å². The Bertz CT molecular complexity index is 1900. The van der Waals surface area contributed by atoms with E-state index in [-0.39, 0.29) is 5.75 Å². The fraction of sp³-hybridized carbons (Fsp3) is 0.161. The minimum Gasteiger partial charge on any atom is -0.355 e. The van der Waals surface area contributed by atoms with Crippen molar-refractivity contribution in [1.82, 2.24) is 19.9 Å². The molecule has 3 aromatic carbocycles. The van der Waals surface area contributed by atoms with Gasteiger partial charge in [-0.15, -0.1) is 11.3 Å². The predicted octanol–water partition coefficient (Wildman–Crippen LogP) is 6.24. The largest absolute Gasteiger partial charge is 0.355 e. The molecule has 7 nitrogen and oxygen atoms in total. The van der Waals surface area contributed by atoms with Crippen molar-refractivity contribution in [3.63, 3.8) is 0 Å². The van der Waals surface area contributed by atoms with Crippen LogP contribution >= 0.6 is 11.3 Å². The van der Waals surface area contributed by atoms with Crippen molar-refractivity contribution in [3.05, 3.63) is 107 Å². The second kappa shape index (κ2) is 11.2. The van der Waals surface area contributed by atoms with Gasteiger partial charge < -0.3 is 15.2 Å². The molecular formula is C31H29N5O2S2. The molecule has 0 fully saturated rings. The maximum Gasteiger partial charge on any atom is 0.148 e. The van der Waals surface area contributed by atoms with E-state index in [9.17, 15) is 8.42 Å². The summed E-state index contributed by atoms with van der Waals surface area (Å²) in [5, 5.41) is 11.9. The first kappa shape index (κ1) is 26.2. The molecule has 0 saturated heterocycles. The van der Waals surface area contributed by atoms with Crippen LogP contribution in [-0.2, 0) is 22.9 Å². The van der Waals surface area contributed by atoms with E-state index < -0.39 is 9.84 Å². The first-order chi connectivity index (χ1) is 19.4. The van der Waals surface area contributed by atoms with E-state index in [1.807, 2.05) is 23.7 Å². The van der Waals surface area contributed by atoms with Crippen LogP contribution in [0.3, 0.4) is 0 Å². The zero-order valence-electron chi connectivity index (χ0n) is 22.0. The van der Waals surface area contributed by atoms with Crippen molar-refractivity contribution >= 4 is 54.4 Å². The molecule has 6 rings (SSSR count). The highest BCUT2D eigenvalue weighted by Crippen LogP contribution is 2.31. The van der Waals surface area contributed by atoms with Crippen LogP contribution in [0.25, 0.3) is 33.1 Å². The number of nitrogens with zero attached hydrogens (tertiary/aromatic N) is 3. The third-order valence-electron chi connectivity index (χ3n) is 6.76. The number of benzene rings is 3. The standard InChI is InChI=1S/C31H29N5O2S2/c1-40(37,38)16-14-32-19-31-35-29(21-39-31)23-7-9-26-27(11-13-33-28(26)18-23)34-25-8-10-30-24(17-25)12-15-36(30)20-22-5-3-2-4-6-22/h2-13,15,17-18,21,32H,14,16,19-20H2,1H3,(H,33,34). The van der Waals surface area contributed by atoms with Crippen LogP contribution in [0, 0.1) is 0 Å². The Morgan fingerprint density at radius 1 is 0.975 bits per heavy atom. The lowest BCUT2D eigenvalue weighted by Crippen LogP contribution is -2.21. The number of fused-ring (bicyclic) bond motifs is 2. The number of sulfone groups is 1. The molecule has 0 bridgehead atoms. The number of aromatic nitrogens is 3. The van der Waals surface area contributed by atoms with Crippen molar-refractivity contribution < 1.29 is 8.42 Å². The van der Waals surface area contributed by atoms with Crippen LogP contribution in [0.5, 0.6) is 0 Å². The molecule has 0 saturated carbocycles.